The Morgan fingerprint density at radius 3 is 2.43 bits per heavy atom. The van der Waals surface area contributed by atoms with Gasteiger partial charge in [-0.2, -0.15) is 0 Å². The predicted molar refractivity (Wildman–Crippen MR) is 118 cm³/mol. The van der Waals surface area contributed by atoms with Crippen molar-refractivity contribution in [1.82, 2.24) is 5.32 Å². The number of nitrogens with one attached hydrogen (secondary N) is 3. The standard InChI is InChI=1S/C20H25ClN4O4S/c1-4-12(2)18(24-20(22)27)19(26)23-14-10-9-13(3)17(11-14)30(28,29)25-16-8-6-5-7-15(16)21/h5-12,18,25H,4H2,1-3H3,(H,23,26)(H3,22,24,27). The van der Waals surface area contributed by atoms with Gasteiger partial charge in [0.1, 0.15) is 6.04 Å². The van der Waals surface area contributed by atoms with E-state index < -0.39 is 28.0 Å². The zero-order valence-electron chi connectivity index (χ0n) is 16.9. The number of sulfonamides is 1. The van der Waals surface area contributed by atoms with Crippen LogP contribution in [0.2, 0.25) is 5.02 Å². The molecule has 0 fully saturated rings. The minimum Gasteiger partial charge on any atom is -0.352 e. The molecule has 0 aliphatic heterocycles. The normalized spacial score (nSPS) is 13.2. The van der Waals surface area contributed by atoms with Gasteiger partial charge in [-0.25, -0.2) is 13.2 Å². The fraction of sp³-hybridized carbons (Fsp3) is 0.300. The molecule has 5 N–H and O–H groups in total. The number of carbonyl (C=O) groups is 2. The molecule has 2 rings (SSSR count). The van der Waals surface area contributed by atoms with E-state index in [2.05, 4.69) is 15.4 Å². The van der Waals surface area contributed by atoms with E-state index in [0.29, 0.717) is 12.0 Å². The smallest absolute Gasteiger partial charge is 0.312 e. The molecular weight excluding hydrogens is 428 g/mol. The number of urea groups is 1. The van der Waals surface area contributed by atoms with Gasteiger partial charge in [-0.1, -0.05) is 50.1 Å². The van der Waals surface area contributed by atoms with Crippen molar-refractivity contribution in [2.45, 2.75) is 38.1 Å². The summed E-state index contributed by atoms with van der Waals surface area (Å²) in [6, 6.07) is 9.32. The summed E-state index contributed by atoms with van der Waals surface area (Å²) in [7, 11) is -3.96. The number of aryl methyl sites for hydroxylation is 1. The van der Waals surface area contributed by atoms with Crippen LogP contribution in [0.4, 0.5) is 16.2 Å². The maximum atomic E-state index is 12.9. The van der Waals surface area contributed by atoms with Crippen LogP contribution in [0.5, 0.6) is 0 Å². The average Bonchev–Trinajstić information content (AvgIpc) is 2.68. The number of amides is 3. The average molecular weight is 453 g/mol. The number of hydrogen-bond donors (Lipinski definition) is 4. The molecule has 2 unspecified atom stereocenters. The summed E-state index contributed by atoms with van der Waals surface area (Å²) in [5.41, 5.74) is 6.18. The summed E-state index contributed by atoms with van der Waals surface area (Å²) in [5.74, 6) is -0.664. The Kier molecular flexibility index (Phi) is 7.69. The number of benzene rings is 2. The molecule has 0 aliphatic rings. The largest absolute Gasteiger partial charge is 0.352 e. The number of primary amides is 1. The molecule has 3 amide bonds. The summed E-state index contributed by atoms with van der Waals surface area (Å²) >= 11 is 6.05. The highest BCUT2D eigenvalue weighted by molar-refractivity contribution is 7.92. The van der Waals surface area contributed by atoms with Crippen LogP contribution in [0.15, 0.2) is 47.4 Å². The van der Waals surface area contributed by atoms with E-state index in [1.807, 2.05) is 6.92 Å². The fourth-order valence-electron chi connectivity index (χ4n) is 2.79. The SMILES string of the molecule is CCC(C)C(NC(N)=O)C(=O)Nc1ccc(C)c(S(=O)(=O)Nc2ccccc2Cl)c1. The van der Waals surface area contributed by atoms with Crippen molar-refractivity contribution in [2.75, 3.05) is 10.0 Å². The van der Waals surface area contributed by atoms with Gasteiger partial charge in [0, 0.05) is 5.69 Å². The first-order valence-electron chi connectivity index (χ1n) is 9.30. The van der Waals surface area contributed by atoms with Gasteiger partial charge in [-0.15, -0.1) is 0 Å². The Morgan fingerprint density at radius 1 is 1.17 bits per heavy atom. The first kappa shape index (κ1) is 23.5. The molecule has 162 valence electrons. The number of halogens is 1. The lowest BCUT2D eigenvalue weighted by atomic mass is 9.98. The molecular formula is C20H25ClN4O4S. The van der Waals surface area contributed by atoms with Crippen LogP contribution in [-0.2, 0) is 14.8 Å². The van der Waals surface area contributed by atoms with Crippen LogP contribution >= 0.6 is 11.6 Å². The Bertz CT molecular complexity index is 1040. The summed E-state index contributed by atoms with van der Waals surface area (Å²) in [6.07, 6.45) is 0.633. The topological polar surface area (TPSA) is 130 Å². The zero-order valence-corrected chi connectivity index (χ0v) is 18.5. The summed E-state index contributed by atoms with van der Waals surface area (Å²) < 4.78 is 28.2. The third kappa shape index (κ3) is 5.87. The van der Waals surface area contributed by atoms with Gasteiger partial charge in [0.25, 0.3) is 10.0 Å². The van der Waals surface area contributed by atoms with Gasteiger partial charge in [0.05, 0.1) is 15.6 Å². The number of para-hydroxylation sites is 1. The third-order valence-electron chi connectivity index (χ3n) is 4.66. The van der Waals surface area contributed by atoms with Gasteiger partial charge in [-0.05, 0) is 42.7 Å². The third-order valence-corrected chi connectivity index (χ3v) is 6.49. The highest BCUT2D eigenvalue weighted by Gasteiger charge is 2.26. The second-order valence-corrected chi connectivity index (χ2v) is 8.98. The van der Waals surface area contributed by atoms with Crippen LogP contribution < -0.4 is 21.1 Å². The molecule has 2 aromatic rings. The molecule has 2 aromatic carbocycles. The van der Waals surface area contributed by atoms with E-state index in [1.165, 1.54) is 6.07 Å². The minimum atomic E-state index is -3.96. The molecule has 8 nitrogen and oxygen atoms in total. The molecule has 0 saturated heterocycles. The Balaban J connectivity index is 2.30. The van der Waals surface area contributed by atoms with Crippen LogP contribution in [0, 0.1) is 12.8 Å². The molecule has 0 aliphatic carbocycles. The van der Waals surface area contributed by atoms with Crippen molar-refractivity contribution in [2.24, 2.45) is 11.7 Å². The van der Waals surface area contributed by atoms with Gasteiger partial charge in [0.15, 0.2) is 0 Å². The van der Waals surface area contributed by atoms with Crippen molar-refractivity contribution in [1.29, 1.82) is 0 Å². The van der Waals surface area contributed by atoms with E-state index in [-0.39, 0.29) is 27.2 Å². The summed E-state index contributed by atoms with van der Waals surface area (Å²) in [4.78, 5) is 23.9. The lowest BCUT2D eigenvalue weighted by Gasteiger charge is -2.23. The Morgan fingerprint density at radius 2 is 1.83 bits per heavy atom. The summed E-state index contributed by atoms with van der Waals surface area (Å²) in [5, 5.41) is 5.34. The molecule has 2 atom stereocenters. The van der Waals surface area contributed by atoms with E-state index in [0.717, 1.165) is 0 Å². The maximum absolute atomic E-state index is 12.9. The van der Waals surface area contributed by atoms with Crippen LogP contribution in [0.1, 0.15) is 25.8 Å². The molecule has 30 heavy (non-hydrogen) atoms. The van der Waals surface area contributed by atoms with Crippen LogP contribution in [0.25, 0.3) is 0 Å². The molecule has 0 radical (unpaired) electrons. The van der Waals surface area contributed by atoms with Gasteiger partial charge in [0.2, 0.25) is 5.91 Å². The van der Waals surface area contributed by atoms with Gasteiger partial charge < -0.3 is 16.4 Å². The number of anilines is 2. The number of hydrogen-bond acceptors (Lipinski definition) is 4. The Labute approximate surface area is 181 Å². The van der Waals surface area contributed by atoms with E-state index in [9.17, 15) is 18.0 Å². The molecule has 0 saturated carbocycles. The van der Waals surface area contributed by atoms with Gasteiger partial charge in [-0.3, -0.25) is 9.52 Å². The van der Waals surface area contributed by atoms with E-state index >= 15 is 0 Å². The number of nitrogens with two attached hydrogens (primary N) is 1. The molecule has 0 spiro atoms. The van der Waals surface area contributed by atoms with Gasteiger partial charge >= 0.3 is 6.03 Å². The Hall–Kier alpha value is -2.78. The van der Waals surface area contributed by atoms with E-state index in [1.54, 1.807) is 50.2 Å². The predicted octanol–water partition coefficient (Wildman–Crippen LogP) is 3.47. The monoisotopic (exact) mass is 452 g/mol. The minimum absolute atomic E-state index is 0.0110. The lowest BCUT2D eigenvalue weighted by molar-refractivity contribution is -0.119. The molecule has 0 heterocycles. The number of carbonyl (C=O) groups excluding carboxylic acids is 2. The second-order valence-electron chi connectivity index (χ2n) is 6.93. The highest BCUT2D eigenvalue weighted by Crippen LogP contribution is 2.27. The van der Waals surface area contributed by atoms with E-state index in [4.69, 9.17) is 17.3 Å². The lowest BCUT2D eigenvalue weighted by Crippen LogP contribution is -2.49. The second kappa shape index (κ2) is 9.82. The van der Waals surface area contributed by atoms with Crippen molar-refractivity contribution in [3.8, 4) is 0 Å². The van der Waals surface area contributed by atoms with Crippen molar-refractivity contribution < 1.29 is 18.0 Å². The highest BCUT2D eigenvalue weighted by atomic mass is 35.5. The zero-order chi connectivity index (χ0) is 22.5. The quantitative estimate of drug-likeness (QED) is 0.488. The number of rotatable bonds is 8. The summed E-state index contributed by atoms with van der Waals surface area (Å²) in [6.45, 7) is 5.33. The van der Waals surface area contributed by atoms with Crippen molar-refractivity contribution in [3.05, 3.63) is 53.1 Å². The van der Waals surface area contributed by atoms with Crippen molar-refractivity contribution in [3.63, 3.8) is 0 Å². The maximum Gasteiger partial charge on any atom is 0.312 e. The van der Waals surface area contributed by atoms with Crippen molar-refractivity contribution >= 4 is 44.9 Å². The molecule has 10 heteroatoms. The molecule has 0 aromatic heterocycles. The van der Waals surface area contributed by atoms with Crippen LogP contribution in [-0.4, -0.2) is 26.4 Å². The first-order valence-corrected chi connectivity index (χ1v) is 11.2. The van der Waals surface area contributed by atoms with Crippen LogP contribution in [0.3, 0.4) is 0 Å². The fourth-order valence-corrected chi connectivity index (χ4v) is 4.38. The first-order chi connectivity index (χ1) is 14.0. The molecule has 0 bridgehead atoms.